The molecule has 0 aliphatic carbocycles. The van der Waals surface area contributed by atoms with Crippen molar-refractivity contribution in [2.24, 2.45) is 0 Å². The molecule has 1 aliphatic heterocycles. The second-order valence-electron chi connectivity index (χ2n) is 6.60. The number of terminal acetylenes is 1. The summed E-state index contributed by atoms with van der Waals surface area (Å²) in [5, 5.41) is 19.3. The molecule has 3 rings (SSSR count). The Hall–Kier alpha value is -2.52. The molecule has 0 aromatic heterocycles. The van der Waals surface area contributed by atoms with Gasteiger partial charge in [-0.25, -0.2) is 0 Å². The van der Waals surface area contributed by atoms with Crippen LogP contribution in [0, 0.1) is 12.3 Å². The normalized spacial score (nSPS) is 22.1. The maximum atomic E-state index is 10.00. The minimum absolute atomic E-state index is 0.153. The van der Waals surface area contributed by atoms with Crippen molar-refractivity contribution in [2.45, 2.75) is 37.8 Å². The fourth-order valence-corrected chi connectivity index (χ4v) is 3.15. The molecule has 0 spiro atoms. The van der Waals surface area contributed by atoms with Crippen molar-refractivity contribution in [1.29, 1.82) is 0 Å². The molecule has 1 aliphatic rings. The maximum Gasteiger partial charge on any atom is 0.202 e. The lowest BCUT2D eigenvalue weighted by Gasteiger charge is -2.32. The minimum atomic E-state index is -0.631. The van der Waals surface area contributed by atoms with Gasteiger partial charge in [0.1, 0.15) is 11.5 Å². The van der Waals surface area contributed by atoms with Crippen molar-refractivity contribution in [3.8, 4) is 23.8 Å². The number of aliphatic hydroxyl groups excluding tert-OH is 2. The van der Waals surface area contributed by atoms with E-state index in [2.05, 4.69) is 5.92 Å². The average molecular weight is 368 g/mol. The van der Waals surface area contributed by atoms with E-state index < -0.39 is 18.5 Å². The third-order valence-electron chi connectivity index (χ3n) is 4.59. The summed E-state index contributed by atoms with van der Waals surface area (Å²) in [5.41, 5.74) is 2.77. The molecule has 27 heavy (non-hydrogen) atoms. The number of methoxy groups -OCH3 is 1. The third-order valence-corrected chi connectivity index (χ3v) is 4.59. The summed E-state index contributed by atoms with van der Waals surface area (Å²) >= 11 is 0. The fourth-order valence-electron chi connectivity index (χ4n) is 3.15. The molecule has 3 unspecified atom stereocenters. The summed E-state index contributed by atoms with van der Waals surface area (Å²) in [6.45, 7) is -0.153. The summed E-state index contributed by atoms with van der Waals surface area (Å²) in [5.74, 6) is 4.04. The number of hydrogen-bond acceptors (Lipinski definition) is 5. The highest BCUT2D eigenvalue weighted by Gasteiger charge is 2.29. The minimum Gasteiger partial charge on any atom is -0.497 e. The lowest BCUT2D eigenvalue weighted by atomic mass is 10.0. The van der Waals surface area contributed by atoms with Gasteiger partial charge < -0.3 is 24.4 Å². The second kappa shape index (κ2) is 8.92. The lowest BCUT2D eigenvalue weighted by Crippen LogP contribution is -2.40. The first-order valence-electron chi connectivity index (χ1n) is 8.94. The van der Waals surface area contributed by atoms with Crippen molar-refractivity contribution in [1.82, 2.24) is 0 Å². The van der Waals surface area contributed by atoms with E-state index in [-0.39, 0.29) is 6.61 Å². The third kappa shape index (κ3) is 5.01. The van der Waals surface area contributed by atoms with Gasteiger partial charge in [0, 0.05) is 24.8 Å². The van der Waals surface area contributed by atoms with Crippen LogP contribution in [0.4, 0.5) is 0 Å². The Morgan fingerprint density at radius 2 is 1.96 bits per heavy atom. The number of rotatable bonds is 6. The maximum absolute atomic E-state index is 10.00. The molecule has 1 fully saturated rings. The highest BCUT2D eigenvalue weighted by Crippen LogP contribution is 2.28. The molecular formula is C22H24O5. The van der Waals surface area contributed by atoms with Gasteiger partial charge in [-0.3, -0.25) is 0 Å². The Kier molecular flexibility index (Phi) is 6.36. The second-order valence-corrected chi connectivity index (χ2v) is 6.60. The van der Waals surface area contributed by atoms with Gasteiger partial charge >= 0.3 is 0 Å². The van der Waals surface area contributed by atoms with E-state index in [4.69, 9.17) is 20.6 Å². The molecule has 0 saturated carbocycles. The molecule has 1 heterocycles. The molecule has 5 nitrogen and oxygen atoms in total. The monoisotopic (exact) mass is 368 g/mol. The molecule has 3 atom stereocenters. The van der Waals surface area contributed by atoms with Crippen molar-refractivity contribution in [3.05, 3.63) is 59.2 Å². The highest BCUT2D eigenvalue weighted by atomic mass is 16.7. The average Bonchev–Trinajstić information content (AvgIpc) is 2.69. The summed E-state index contributed by atoms with van der Waals surface area (Å²) < 4.78 is 17.0. The van der Waals surface area contributed by atoms with Crippen molar-refractivity contribution < 1.29 is 24.4 Å². The van der Waals surface area contributed by atoms with Crippen LogP contribution in [0.15, 0.2) is 42.5 Å². The summed E-state index contributed by atoms with van der Waals surface area (Å²) in [6, 6.07) is 13.4. The first-order chi connectivity index (χ1) is 13.1. The number of ether oxygens (including phenoxy) is 3. The van der Waals surface area contributed by atoms with E-state index in [1.165, 1.54) is 0 Å². The zero-order valence-electron chi connectivity index (χ0n) is 15.3. The molecular weight excluding hydrogens is 344 g/mol. The van der Waals surface area contributed by atoms with Gasteiger partial charge in [-0.05, 0) is 35.4 Å². The Morgan fingerprint density at radius 1 is 1.19 bits per heavy atom. The molecule has 5 heteroatoms. The van der Waals surface area contributed by atoms with Gasteiger partial charge in [0.15, 0.2) is 0 Å². The van der Waals surface area contributed by atoms with Crippen LogP contribution in [0.5, 0.6) is 11.5 Å². The quantitative estimate of drug-likeness (QED) is 0.767. The van der Waals surface area contributed by atoms with Crippen LogP contribution in [0.2, 0.25) is 0 Å². The topological polar surface area (TPSA) is 68.2 Å². The van der Waals surface area contributed by atoms with Crippen LogP contribution in [0.25, 0.3) is 0 Å². The van der Waals surface area contributed by atoms with Crippen LogP contribution in [0.3, 0.4) is 0 Å². The van der Waals surface area contributed by atoms with Crippen LogP contribution in [0.1, 0.15) is 29.5 Å². The molecule has 1 saturated heterocycles. The molecule has 0 radical (unpaired) electrons. The van der Waals surface area contributed by atoms with Gasteiger partial charge in [0.2, 0.25) is 6.29 Å². The highest BCUT2D eigenvalue weighted by molar-refractivity contribution is 5.46. The smallest absolute Gasteiger partial charge is 0.202 e. The van der Waals surface area contributed by atoms with Gasteiger partial charge in [-0.1, -0.05) is 24.1 Å². The van der Waals surface area contributed by atoms with E-state index in [9.17, 15) is 10.2 Å². The van der Waals surface area contributed by atoms with E-state index in [1.807, 2.05) is 36.4 Å². The van der Waals surface area contributed by atoms with Crippen molar-refractivity contribution >= 4 is 0 Å². The Morgan fingerprint density at radius 3 is 2.63 bits per heavy atom. The standard InChI is InChI=1S/C22H24O5/c1-3-15-4-7-17(10-16-5-8-19(25-2)9-6-16)21(11-15)27-22-13-18(24)12-20(14-23)26-22/h1,4-9,11,18,20,22-24H,10,12-14H2,2H3. The van der Waals surface area contributed by atoms with Crippen LogP contribution in [-0.2, 0) is 11.2 Å². The SMILES string of the molecule is C#Cc1ccc(Cc2ccc(OC)cc2)c(OC2CC(O)CC(CO)O2)c1. The zero-order chi connectivity index (χ0) is 19.2. The first kappa shape index (κ1) is 19.2. The van der Waals surface area contributed by atoms with Crippen molar-refractivity contribution in [2.75, 3.05) is 13.7 Å². The lowest BCUT2D eigenvalue weighted by molar-refractivity contribution is -0.184. The molecule has 2 aromatic rings. The number of hydrogen-bond donors (Lipinski definition) is 2. The van der Waals surface area contributed by atoms with E-state index in [0.717, 1.165) is 16.9 Å². The number of benzene rings is 2. The van der Waals surface area contributed by atoms with Crippen molar-refractivity contribution in [3.63, 3.8) is 0 Å². The summed E-state index contributed by atoms with van der Waals surface area (Å²) in [4.78, 5) is 0. The van der Waals surface area contributed by atoms with Crippen LogP contribution >= 0.6 is 0 Å². The first-order valence-corrected chi connectivity index (χ1v) is 8.94. The van der Waals surface area contributed by atoms with Crippen LogP contribution in [-0.4, -0.2) is 42.4 Å². The summed E-state index contributed by atoms with van der Waals surface area (Å²) in [6.07, 6.45) is 5.30. The predicted molar refractivity (Wildman–Crippen MR) is 102 cm³/mol. The Labute approximate surface area is 159 Å². The fraction of sp³-hybridized carbons (Fsp3) is 0.364. The molecule has 2 aromatic carbocycles. The largest absolute Gasteiger partial charge is 0.497 e. The van der Waals surface area contributed by atoms with Gasteiger partial charge in [-0.15, -0.1) is 6.42 Å². The predicted octanol–water partition coefficient (Wildman–Crippen LogP) is 2.50. The van der Waals surface area contributed by atoms with E-state index in [1.54, 1.807) is 13.2 Å². The summed E-state index contributed by atoms with van der Waals surface area (Å²) in [7, 11) is 1.64. The van der Waals surface area contributed by atoms with E-state index in [0.29, 0.717) is 30.6 Å². The molecule has 0 bridgehead atoms. The Bertz CT molecular complexity index is 793. The number of aliphatic hydroxyl groups is 2. The van der Waals surface area contributed by atoms with E-state index >= 15 is 0 Å². The van der Waals surface area contributed by atoms with Crippen LogP contribution < -0.4 is 9.47 Å². The van der Waals surface area contributed by atoms with Gasteiger partial charge in [0.25, 0.3) is 0 Å². The zero-order valence-corrected chi connectivity index (χ0v) is 15.3. The van der Waals surface area contributed by atoms with Gasteiger partial charge in [0.05, 0.1) is 25.9 Å². The Balaban J connectivity index is 1.81. The molecule has 2 N–H and O–H groups in total. The molecule has 0 amide bonds. The molecule has 142 valence electrons. The van der Waals surface area contributed by atoms with Gasteiger partial charge in [-0.2, -0.15) is 0 Å².